The molecule has 0 heterocycles. The first-order chi connectivity index (χ1) is 8.17. The molecular formula is C14H18O3. The second-order valence-electron chi connectivity index (χ2n) is 3.56. The summed E-state index contributed by atoms with van der Waals surface area (Å²) in [7, 11) is 3.13. The van der Waals surface area contributed by atoms with Gasteiger partial charge in [0.25, 0.3) is 0 Å². The summed E-state index contributed by atoms with van der Waals surface area (Å²) in [5.41, 5.74) is 1.32. The second-order valence-corrected chi connectivity index (χ2v) is 3.56. The summed E-state index contributed by atoms with van der Waals surface area (Å²) in [6, 6.07) is 5.23. The standard InChI is InChI=1S/C14H18O3/c1-5-10(6-2)14(15)12-9-11(16-3)7-8-13(12)17-4/h5,7-9H,6H2,1-4H3/b10-5-. The van der Waals surface area contributed by atoms with Gasteiger partial charge in [-0.05, 0) is 37.1 Å². The van der Waals surface area contributed by atoms with Crippen LogP contribution in [0.2, 0.25) is 0 Å². The highest BCUT2D eigenvalue weighted by Crippen LogP contribution is 2.26. The Labute approximate surface area is 102 Å². The third kappa shape index (κ3) is 2.87. The SMILES string of the molecule is C/C=C(/CC)C(=O)c1cc(OC)ccc1OC. The van der Waals surface area contributed by atoms with Crippen molar-refractivity contribution < 1.29 is 14.3 Å². The third-order valence-corrected chi connectivity index (χ3v) is 2.67. The van der Waals surface area contributed by atoms with Crippen molar-refractivity contribution in [1.82, 2.24) is 0 Å². The summed E-state index contributed by atoms with van der Waals surface area (Å²) in [6.07, 6.45) is 2.54. The molecule has 0 saturated heterocycles. The lowest BCUT2D eigenvalue weighted by Crippen LogP contribution is -2.05. The molecule has 0 aliphatic carbocycles. The summed E-state index contributed by atoms with van der Waals surface area (Å²) in [4.78, 5) is 12.3. The summed E-state index contributed by atoms with van der Waals surface area (Å²) in [5.74, 6) is 1.22. The highest BCUT2D eigenvalue weighted by atomic mass is 16.5. The molecule has 1 rings (SSSR count). The molecule has 3 nitrogen and oxygen atoms in total. The van der Waals surface area contributed by atoms with Gasteiger partial charge in [0.2, 0.25) is 0 Å². The number of ketones is 1. The lowest BCUT2D eigenvalue weighted by Gasteiger charge is -2.10. The molecular weight excluding hydrogens is 216 g/mol. The summed E-state index contributed by atoms with van der Waals surface area (Å²) >= 11 is 0. The van der Waals surface area contributed by atoms with E-state index in [1.165, 1.54) is 0 Å². The highest BCUT2D eigenvalue weighted by Gasteiger charge is 2.16. The fourth-order valence-corrected chi connectivity index (χ4v) is 1.66. The molecule has 0 saturated carbocycles. The van der Waals surface area contributed by atoms with Crippen molar-refractivity contribution in [3.8, 4) is 11.5 Å². The topological polar surface area (TPSA) is 35.5 Å². The first-order valence-corrected chi connectivity index (χ1v) is 5.59. The summed E-state index contributed by atoms with van der Waals surface area (Å²) in [6.45, 7) is 3.82. The average Bonchev–Trinajstić information content (AvgIpc) is 2.39. The second kappa shape index (κ2) is 6.09. The zero-order chi connectivity index (χ0) is 12.8. The average molecular weight is 234 g/mol. The van der Waals surface area contributed by atoms with Crippen molar-refractivity contribution in [3.05, 3.63) is 35.4 Å². The molecule has 0 spiro atoms. The number of allylic oxidation sites excluding steroid dienone is 2. The first-order valence-electron chi connectivity index (χ1n) is 5.59. The van der Waals surface area contributed by atoms with E-state index in [0.717, 1.165) is 5.57 Å². The van der Waals surface area contributed by atoms with Gasteiger partial charge in [-0.25, -0.2) is 0 Å². The Balaban J connectivity index is 3.23. The van der Waals surface area contributed by atoms with Crippen molar-refractivity contribution in [2.45, 2.75) is 20.3 Å². The Morgan fingerprint density at radius 3 is 2.47 bits per heavy atom. The number of methoxy groups -OCH3 is 2. The first kappa shape index (κ1) is 13.3. The van der Waals surface area contributed by atoms with Crippen LogP contribution in [0, 0.1) is 0 Å². The van der Waals surface area contributed by atoms with Crippen LogP contribution >= 0.6 is 0 Å². The van der Waals surface area contributed by atoms with E-state index in [9.17, 15) is 4.79 Å². The highest BCUT2D eigenvalue weighted by molar-refractivity contribution is 6.10. The predicted molar refractivity (Wildman–Crippen MR) is 67.9 cm³/mol. The van der Waals surface area contributed by atoms with Gasteiger partial charge in [0.15, 0.2) is 5.78 Å². The number of carbonyl (C=O) groups is 1. The zero-order valence-electron chi connectivity index (χ0n) is 10.7. The molecule has 0 amide bonds. The lowest BCUT2D eigenvalue weighted by molar-refractivity contribution is 0.102. The van der Waals surface area contributed by atoms with Gasteiger partial charge in [0.05, 0.1) is 19.8 Å². The van der Waals surface area contributed by atoms with Gasteiger partial charge in [-0.15, -0.1) is 0 Å². The zero-order valence-corrected chi connectivity index (χ0v) is 10.7. The minimum atomic E-state index is -0.00856. The predicted octanol–water partition coefficient (Wildman–Crippen LogP) is 3.24. The molecule has 0 bridgehead atoms. The number of rotatable bonds is 5. The maximum Gasteiger partial charge on any atom is 0.192 e. The van der Waals surface area contributed by atoms with Crippen molar-refractivity contribution in [3.63, 3.8) is 0 Å². The van der Waals surface area contributed by atoms with Gasteiger partial charge in [0, 0.05) is 0 Å². The fraction of sp³-hybridized carbons (Fsp3) is 0.357. The number of hydrogen-bond donors (Lipinski definition) is 0. The minimum absolute atomic E-state index is 0.00856. The van der Waals surface area contributed by atoms with E-state index in [1.807, 2.05) is 19.9 Å². The number of carbonyl (C=O) groups excluding carboxylic acids is 1. The number of hydrogen-bond acceptors (Lipinski definition) is 3. The molecule has 17 heavy (non-hydrogen) atoms. The van der Waals surface area contributed by atoms with Crippen LogP contribution in [0.1, 0.15) is 30.6 Å². The van der Waals surface area contributed by atoms with Gasteiger partial charge in [-0.2, -0.15) is 0 Å². The summed E-state index contributed by atoms with van der Waals surface area (Å²) < 4.78 is 10.3. The molecule has 1 aromatic carbocycles. The Hall–Kier alpha value is -1.77. The smallest absolute Gasteiger partial charge is 0.192 e. The molecule has 0 N–H and O–H groups in total. The molecule has 3 heteroatoms. The number of ether oxygens (including phenoxy) is 2. The molecule has 92 valence electrons. The van der Waals surface area contributed by atoms with Gasteiger partial charge < -0.3 is 9.47 Å². The van der Waals surface area contributed by atoms with E-state index >= 15 is 0 Å². The monoisotopic (exact) mass is 234 g/mol. The van der Waals surface area contributed by atoms with Gasteiger partial charge in [-0.1, -0.05) is 13.0 Å². The minimum Gasteiger partial charge on any atom is -0.497 e. The van der Waals surface area contributed by atoms with Gasteiger partial charge in [0.1, 0.15) is 11.5 Å². The van der Waals surface area contributed by atoms with Crippen LogP contribution in [0.5, 0.6) is 11.5 Å². The van der Waals surface area contributed by atoms with Crippen LogP contribution in [0.4, 0.5) is 0 Å². The van der Waals surface area contributed by atoms with E-state index in [0.29, 0.717) is 23.5 Å². The largest absolute Gasteiger partial charge is 0.497 e. The molecule has 1 aromatic rings. The third-order valence-electron chi connectivity index (χ3n) is 2.67. The number of Topliss-reactive ketones (excluding diaryl/α,β-unsaturated/α-hetero) is 1. The quantitative estimate of drug-likeness (QED) is 0.579. The van der Waals surface area contributed by atoms with Crippen LogP contribution in [-0.2, 0) is 0 Å². The van der Waals surface area contributed by atoms with Crippen LogP contribution in [0.25, 0.3) is 0 Å². The lowest BCUT2D eigenvalue weighted by atomic mass is 10.00. The Kier molecular flexibility index (Phi) is 4.76. The maximum atomic E-state index is 12.3. The molecule has 0 atom stereocenters. The fourth-order valence-electron chi connectivity index (χ4n) is 1.66. The van der Waals surface area contributed by atoms with E-state index in [-0.39, 0.29) is 5.78 Å². The van der Waals surface area contributed by atoms with Crippen molar-refractivity contribution in [2.75, 3.05) is 14.2 Å². The van der Waals surface area contributed by atoms with E-state index < -0.39 is 0 Å². The molecule has 0 unspecified atom stereocenters. The van der Waals surface area contributed by atoms with Crippen LogP contribution in [0.3, 0.4) is 0 Å². The van der Waals surface area contributed by atoms with Crippen LogP contribution in [0.15, 0.2) is 29.8 Å². The molecule has 0 radical (unpaired) electrons. The normalized spacial score (nSPS) is 11.2. The van der Waals surface area contributed by atoms with E-state index in [1.54, 1.807) is 32.4 Å². The van der Waals surface area contributed by atoms with Crippen molar-refractivity contribution in [1.29, 1.82) is 0 Å². The van der Waals surface area contributed by atoms with Crippen LogP contribution in [-0.4, -0.2) is 20.0 Å². The van der Waals surface area contributed by atoms with Gasteiger partial charge in [-0.3, -0.25) is 4.79 Å². The molecule has 0 aromatic heterocycles. The van der Waals surface area contributed by atoms with Crippen molar-refractivity contribution in [2.24, 2.45) is 0 Å². The maximum absolute atomic E-state index is 12.3. The van der Waals surface area contributed by atoms with Crippen LogP contribution < -0.4 is 9.47 Å². The molecule has 0 aliphatic heterocycles. The molecule has 0 aliphatic rings. The van der Waals surface area contributed by atoms with Gasteiger partial charge >= 0.3 is 0 Å². The van der Waals surface area contributed by atoms with Crippen molar-refractivity contribution >= 4 is 5.78 Å². The number of benzene rings is 1. The Bertz CT molecular complexity index is 433. The van der Waals surface area contributed by atoms with E-state index in [2.05, 4.69) is 0 Å². The van der Waals surface area contributed by atoms with E-state index in [4.69, 9.17) is 9.47 Å². The Morgan fingerprint density at radius 2 is 2.00 bits per heavy atom. The molecule has 0 fully saturated rings. The Morgan fingerprint density at radius 1 is 1.29 bits per heavy atom. The summed E-state index contributed by atoms with van der Waals surface area (Å²) in [5, 5.41) is 0.